The third kappa shape index (κ3) is 5.92. The molecule has 1 aliphatic heterocycles. The number of anilines is 1. The van der Waals surface area contributed by atoms with Crippen molar-refractivity contribution < 1.29 is 24.2 Å². The number of ether oxygens (including phenoxy) is 2. The Morgan fingerprint density at radius 2 is 2.19 bits per heavy atom. The maximum absolute atomic E-state index is 11.8. The van der Waals surface area contributed by atoms with E-state index in [-0.39, 0.29) is 12.6 Å². The summed E-state index contributed by atoms with van der Waals surface area (Å²) in [6.07, 6.45) is -0.158. The first-order valence-corrected chi connectivity index (χ1v) is 9.27. The molecular weight excluding hydrogens is 428 g/mol. The highest BCUT2D eigenvalue weighted by Crippen LogP contribution is 2.29. The maximum Gasteiger partial charge on any atom is 0.418 e. The van der Waals surface area contributed by atoms with Gasteiger partial charge in [-0.15, -0.1) is 0 Å². The van der Waals surface area contributed by atoms with E-state index in [9.17, 15) is 14.7 Å². The van der Waals surface area contributed by atoms with Crippen molar-refractivity contribution in [2.75, 3.05) is 25.5 Å². The highest BCUT2D eigenvalue weighted by Gasteiger charge is 2.34. The molecule has 2 amide bonds. The molecule has 1 saturated heterocycles. The molecular formula is C15H21BrN4O5S. The number of hydrogen-bond acceptors (Lipinski definition) is 7. The molecule has 0 aliphatic carbocycles. The van der Waals surface area contributed by atoms with Crippen LogP contribution in [0.15, 0.2) is 16.7 Å². The quantitative estimate of drug-likeness (QED) is 0.674. The van der Waals surface area contributed by atoms with E-state index in [1.165, 1.54) is 10.5 Å². The largest absolute Gasteiger partial charge is 0.475 e. The van der Waals surface area contributed by atoms with E-state index in [2.05, 4.69) is 26.2 Å². The fraction of sp³-hybridized carbons (Fsp3) is 0.533. The number of nitrogens with one attached hydrogen (secondary N) is 1. The predicted octanol–water partition coefficient (Wildman–Crippen LogP) is 3.43. The maximum atomic E-state index is 11.8. The van der Waals surface area contributed by atoms with E-state index in [0.717, 1.165) is 12.1 Å². The van der Waals surface area contributed by atoms with Crippen LogP contribution in [0, 0.1) is 0 Å². The van der Waals surface area contributed by atoms with Gasteiger partial charge in [0.25, 0.3) is 0 Å². The molecule has 26 heavy (non-hydrogen) atoms. The lowest BCUT2D eigenvalue weighted by Gasteiger charge is -2.20. The number of carbonyl (C=O) groups is 2. The molecule has 0 saturated carbocycles. The van der Waals surface area contributed by atoms with Crippen LogP contribution in [-0.2, 0) is 4.74 Å². The van der Waals surface area contributed by atoms with Crippen LogP contribution >= 0.6 is 28.1 Å². The number of halogens is 1. The lowest BCUT2D eigenvalue weighted by atomic mass is 10.2. The number of amides is 2. The van der Waals surface area contributed by atoms with Crippen molar-refractivity contribution >= 4 is 45.9 Å². The third-order valence-corrected chi connectivity index (χ3v) is 4.71. The van der Waals surface area contributed by atoms with Crippen molar-refractivity contribution in [3.63, 3.8) is 0 Å². The van der Waals surface area contributed by atoms with Gasteiger partial charge in [0.05, 0.1) is 22.4 Å². The summed E-state index contributed by atoms with van der Waals surface area (Å²) in [6.45, 7) is 6.03. The topological polar surface area (TPSA) is 104 Å². The summed E-state index contributed by atoms with van der Waals surface area (Å²) in [4.78, 5) is 27.2. The van der Waals surface area contributed by atoms with Crippen molar-refractivity contribution in [2.45, 2.75) is 32.4 Å². The van der Waals surface area contributed by atoms with Crippen molar-refractivity contribution in [1.82, 2.24) is 13.6 Å². The molecule has 2 rings (SSSR count). The van der Waals surface area contributed by atoms with Gasteiger partial charge in [-0.3, -0.25) is 5.32 Å². The number of nitrogens with zero attached hydrogens (tertiary/aromatic N) is 3. The summed E-state index contributed by atoms with van der Waals surface area (Å²) in [6, 6.07) is 1.33. The minimum absolute atomic E-state index is 0.161. The number of pyridine rings is 1. The lowest BCUT2D eigenvalue weighted by molar-refractivity contribution is 0.0635. The highest BCUT2D eigenvalue weighted by atomic mass is 79.9. The van der Waals surface area contributed by atoms with E-state index in [1.54, 1.807) is 26.8 Å². The van der Waals surface area contributed by atoms with Gasteiger partial charge >= 0.3 is 12.2 Å². The standard InChI is InChI=1S/C15H21BrN4O5S/c1-15(2,3)25-13(21)18-9-5-11(16)12(17-6-9)24-8-10-7-19(4)26-20(10)14(22)23/h5-6,10H,7-8H2,1-4H3,(H,18,21)(H,22,23). The summed E-state index contributed by atoms with van der Waals surface area (Å²) in [5.74, 6) is 0.310. The van der Waals surface area contributed by atoms with Gasteiger partial charge in [-0.2, -0.15) is 0 Å². The van der Waals surface area contributed by atoms with Gasteiger partial charge in [-0.05, 0) is 49.8 Å². The molecule has 1 fully saturated rings. The summed E-state index contributed by atoms with van der Waals surface area (Å²) in [5.41, 5.74) is -0.151. The highest BCUT2D eigenvalue weighted by molar-refractivity contribution is 9.10. The van der Waals surface area contributed by atoms with Crippen molar-refractivity contribution in [3.05, 3.63) is 16.7 Å². The molecule has 144 valence electrons. The van der Waals surface area contributed by atoms with Crippen LogP contribution < -0.4 is 10.1 Å². The van der Waals surface area contributed by atoms with Gasteiger partial charge in [-0.1, -0.05) is 0 Å². The molecule has 1 aromatic rings. The Morgan fingerprint density at radius 3 is 2.77 bits per heavy atom. The zero-order chi connectivity index (χ0) is 19.5. The van der Waals surface area contributed by atoms with E-state index in [4.69, 9.17) is 9.47 Å². The molecule has 2 N–H and O–H groups in total. The van der Waals surface area contributed by atoms with E-state index in [0.29, 0.717) is 22.6 Å². The van der Waals surface area contributed by atoms with Crippen molar-refractivity contribution in [1.29, 1.82) is 0 Å². The smallest absolute Gasteiger partial charge is 0.418 e. The Balaban J connectivity index is 1.95. The van der Waals surface area contributed by atoms with Gasteiger partial charge in [0.15, 0.2) is 0 Å². The van der Waals surface area contributed by atoms with Crippen LogP contribution in [-0.4, -0.2) is 62.7 Å². The van der Waals surface area contributed by atoms with Crippen LogP contribution in [0.2, 0.25) is 0 Å². The minimum Gasteiger partial charge on any atom is -0.475 e. The number of rotatable bonds is 4. The number of likely N-dealkylation sites (N-methyl/N-ethyl adjacent to an activating group) is 1. The number of carboxylic acid groups (broad SMARTS) is 1. The van der Waals surface area contributed by atoms with Gasteiger partial charge in [0.2, 0.25) is 5.88 Å². The second-order valence-corrected chi connectivity index (χ2v) is 8.64. The molecule has 1 aromatic heterocycles. The van der Waals surface area contributed by atoms with E-state index in [1.807, 2.05) is 11.4 Å². The fourth-order valence-electron chi connectivity index (χ4n) is 2.13. The first kappa shape index (κ1) is 20.6. The summed E-state index contributed by atoms with van der Waals surface area (Å²) >= 11 is 4.47. The van der Waals surface area contributed by atoms with E-state index >= 15 is 0 Å². The molecule has 1 aliphatic rings. The zero-order valence-electron chi connectivity index (χ0n) is 14.9. The molecule has 0 bridgehead atoms. The summed E-state index contributed by atoms with van der Waals surface area (Å²) < 4.78 is 14.4. The Bertz CT molecular complexity index is 684. The molecule has 0 spiro atoms. The van der Waals surface area contributed by atoms with Crippen molar-refractivity contribution in [3.8, 4) is 5.88 Å². The molecule has 1 unspecified atom stereocenters. The van der Waals surface area contributed by atoms with Gasteiger partial charge < -0.3 is 14.6 Å². The molecule has 9 nitrogen and oxygen atoms in total. The van der Waals surface area contributed by atoms with Crippen LogP contribution in [0.1, 0.15) is 20.8 Å². The first-order chi connectivity index (χ1) is 12.0. The Morgan fingerprint density at radius 1 is 1.50 bits per heavy atom. The van der Waals surface area contributed by atoms with Gasteiger partial charge in [-0.25, -0.2) is 23.2 Å². The SMILES string of the molecule is CN1CC(COc2ncc(NC(=O)OC(C)(C)C)cc2Br)N(C(=O)O)S1. The third-order valence-electron chi connectivity index (χ3n) is 3.08. The summed E-state index contributed by atoms with van der Waals surface area (Å²) in [5, 5.41) is 11.8. The molecule has 2 heterocycles. The molecule has 11 heteroatoms. The molecule has 0 aromatic carbocycles. The van der Waals surface area contributed by atoms with Crippen LogP contribution in [0.5, 0.6) is 5.88 Å². The number of hydrogen-bond donors (Lipinski definition) is 2. The number of aromatic nitrogens is 1. The predicted molar refractivity (Wildman–Crippen MR) is 101 cm³/mol. The zero-order valence-corrected chi connectivity index (χ0v) is 17.3. The average molecular weight is 449 g/mol. The second kappa shape index (κ2) is 8.31. The first-order valence-electron chi connectivity index (χ1n) is 7.75. The lowest BCUT2D eigenvalue weighted by Crippen LogP contribution is -2.36. The van der Waals surface area contributed by atoms with Gasteiger partial charge in [0.1, 0.15) is 12.2 Å². The molecule has 0 radical (unpaired) electrons. The number of carbonyl (C=O) groups excluding carboxylic acids is 1. The fourth-order valence-corrected chi connectivity index (χ4v) is 3.46. The average Bonchev–Trinajstić information content (AvgIpc) is 2.85. The summed E-state index contributed by atoms with van der Waals surface area (Å²) in [7, 11) is 1.81. The van der Waals surface area contributed by atoms with E-state index < -0.39 is 17.8 Å². The minimum atomic E-state index is -1.02. The van der Waals surface area contributed by atoms with Crippen molar-refractivity contribution in [2.24, 2.45) is 0 Å². The van der Waals surface area contributed by atoms with Crippen LogP contribution in [0.25, 0.3) is 0 Å². The van der Waals surface area contributed by atoms with Gasteiger partial charge in [0, 0.05) is 18.7 Å². The second-order valence-electron chi connectivity index (χ2n) is 6.60. The Hall–Kier alpha value is -1.72. The Labute approximate surface area is 164 Å². The Kier molecular flexibility index (Phi) is 6.58. The molecule has 1 atom stereocenters. The van der Waals surface area contributed by atoms with Crippen LogP contribution in [0.3, 0.4) is 0 Å². The van der Waals surface area contributed by atoms with Crippen LogP contribution in [0.4, 0.5) is 15.3 Å². The monoisotopic (exact) mass is 448 g/mol. The normalized spacial score (nSPS) is 17.9.